The van der Waals surface area contributed by atoms with Crippen molar-refractivity contribution in [3.8, 4) is 0 Å². The van der Waals surface area contributed by atoms with Crippen molar-refractivity contribution in [2.75, 3.05) is 11.1 Å². The highest BCUT2D eigenvalue weighted by Crippen LogP contribution is 2.42. The maximum Gasteiger partial charge on any atom is 0.296 e. The van der Waals surface area contributed by atoms with E-state index in [-0.39, 0.29) is 12.1 Å². The maximum absolute atomic E-state index is 13.7. The molecular weight excluding hydrogens is 578 g/mol. The van der Waals surface area contributed by atoms with Crippen molar-refractivity contribution in [2.45, 2.75) is 28.2 Å². The van der Waals surface area contributed by atoms with Crippen molar-refractivity contribution >= 4 is 59.0 Å². The molecule has 0 saturated carbocycles. The number of hydrogen-bond acceptors (Lipinski definition) is 11. The van der Waals surface area contributed by atoms with Crippen LogP contribution in [0.25, 0.3) is 0 Å². The molecule has 4 rings (SSSR count). The Morgan fingerprint density at radius 3 is 1.92 bits per heavy atom. The lowest BCUT2D eigenvalue weighted by molar-refractivity contribution is 0.0977. The molecular formula is C22H19N3O11S3. The Morgan fingerprint density at radius 2 is 1.38 bits per heavy atom. The maximum atomic E-state index is 13.7. The summed E-state index contributed by atoms with van der Waals surface area (Å²) in [4.78, 5) is 24.4. The molecule has 0 saturated heterocycles. The Morgan fingerprint density at radius 1 is 0.769 bits per heavy atom. The third-order valence-electron chi connectivity index (χ3n) is 6.06. The number of benzene rings is 3. The zero-order chi connectivity index (χ0) is 29.2. The Bertz CT molecular complexity index is 1950. The topological polar surface area (TPSA) is 261 Å². The van der Waals surface area contributed by atoms with Gasteiger partial charge in [-0.1, -0.05) is 18.2 Å². The van der Waals surface area contributed by atoms with Gasteiger partial charge in [0.1, 0.15) is 14.7 Å². The van der Waals surface area contributed by atoms with E-state index in [4.69, 9.17) is 11.5 Å². The van der Waals surface area contributed by atoms with Crippen molar-refractivity contribution in [1.29, 1.82) is 0 Å². The molecule has 0 amide bonds. The van der Waals surface area contributed by atoms with E-state index in [1.165, 1.54) is 13.0 Å². The number of nitrogen functional groups attached to an aromatic ring is 1. The SMILES string of the molecule is Cc1ccc(Nc2cc(S(=O)(=O)O)c(N)c3c2C(=O)c2c(cccc2S(=O)(=O)O)C3=O)c(S(=O)(=O)O)c1CN. The molecule has 0 unspecified atom stereocenters. The number of ketones is 2. The molecule has 0 heterocycles. The summed E-state index contributed by atoms with van der Waals surface area (Å²) >= 11 is 0. The molecule has 0 atom stereocenters. The predicted molar refractivity (Wildman–Crippen MR) is 136 cm³/mol. The lowest BCUT2D eigenvalue weighted by Gasteiger charge is -2.25. The summed E-state index contributed by atoms with van der Waals surface area (Å²) < 4.78 is 102. The van der Waals surface area contributed by atoms with Crippen LogP contribution in [0.5, 0.6) is 0 Å². The summed E-state index contributed by atoms with van der Waals surface area (Å²) in [6.45, 7) is 1.13. The van der Waals surface area contributed by atoms with Gasteiger partial charge in [0.05, 0.1) is 33.8 Å². The molecule has 3 aromatic carbocycles. The lowest BCUT2D eigenvalue weighted by atomic mass is 9.82. The Labute approximate surface area is 221 Å². The van der Waals surface area contributed by atoms with Crippen LogP contribution < -0.4 is 16.8 Å². The van der Waals surface area contributed by atoms with E-state index in [1.54, 1.807) is 0 Å². The largest absolute Gasteiger partial charge is 0.397 e. The minimum atomic E-state index is -5.14. The predicted octanol–water partition coefficient (Wildman–Crippen LogP) is 1.30. The molecule has 0 aliphatic heterocycles. The first-order valence-corrected chi connectivity index (χ1v) is 14.9. The van der Waals surface area contributed by atoms with E-state index >= 15 is 0 Å². The van der Waals surface area contributed by atoms with Gasteiger partial charge in [0.2, 0.25) is 0 Å². The van der Waals surface area contributed by atoms with Gasteiger partial charge in [-0.05, 0) is 36.2 Å². The third kappa shape index (κ3) is 4.69. The Hall–Kier alpha value is -3.71. The smallest absolute Gasteiger partial charge is 0.296 e. The molecule has 1 aliphatic rings. The monoisotopic (exact) mass is 597 g/mol. The quantitative estimate of drug-likeness (QED) is 0.135. The third-order valence-corrected chi connectivity index (χ3v) is 8.84. The molecule has 0 fully saturated rings. The van der Waals surface area contributed by atoms with Gasteiger partial charge in [-0.2, -0.15) is 25.3 Å². The fourth-order valence-electron chi connectivity index (χ4n) is 4.40. The van der Waals surface area contributed by atoms with E-state index in [0.29, 0.717) is 11.6 Å². The van der Waals surface area contributed by atoms with Gasteiger partial charge in [0, 0.05) is 12.1 Å². The van der Waals surface area contributed by atoms with Crippen molar-refractivity contribution in [3.63, 3.8) is 0 Å². The molecule has 0 aromatic heterocycles. The van der Waals surface area contributed by atoms with Crippen molar-refractivity contribution in [3.05, 3.63) is 69.8 Å². The summed E-state index contributed by atoms with van der Waals surface area (Å²) in [7, 11) is -15.2. The molecule has 0 bridgehead atoms. The molecule has 3 aromatic rings. The zero-order valence-electron chi connectivity index (χ0n) is 19.7. The minimum Gasteiger partial charge on any atom is -0.397 e. The summed E-state index contributed by atoms with van der Waals surface area (Å²) in [5, 5.41) is 2.48. The fraction of sp³-hybridized carbons (Fsp3) is 0.0909. The molecule has 0 spiro atoms. The molecule has 206 valence electrons. The standard InChI is InChI=1S/C22H19N3O11S3/c1-9-5-6-12(22(11(9)8-23)39(34,35)36)25-13-7-15(38(31,32)33)19(24)18-17(13)21(27)16-10(20(18)26)3-2-4-14(16)37(28,29)30/h2-7,25H,8,23-24H2,1H3,(H,28,29,30)(H,31,32,33)(H,34,35,36). The first-order valence-electron chi connectivity index (χ1n) is 10.6. The summed E-state index contributed by atoms with van der Waals surface area (Å²) in [6, 6.07) is 6.14. The molecule has 0 radical (unpaired) electrons. The summed E-state index contributed by atoms with van der Waals surface area (Å²) in [5.74, 6) is -2.33. The highest BCUT2D eigenvalue weighted by Gasteiger charge is 2.40. The second-order valence-corrected chi connectivity index (χ2v) is 12.6. The van der Waals surface area contributed by atoms with Gasteiger partial charge in [-0.15, -0.1) is 0 Å². The molecule has 8 N–H and O–H groups in total. The Kier molecular flexibility index (Phi) is 6.67. The first kappa shape index (κ1) is 28.3. The van der Waals surface area contributed by atoms with Crippen LogP contribution in [0.15, 0.2) is 51.1 Å². The second kappa shape index (κ2) is 9.19. The number of nitrogens with two attached hydrogens (primary N) is 2. The number of rotatable bonds is 6. The van der Waals surface area contributed by atoms with E-state index in [1.807, 2.05) is 0 Å². The van der Waals surface area contributed by atoms with E-state index < -0.39 is 95.9 Å². The van der Waals surface area contributed by atoms with E-state index in [2.05, 4.69) is 5.32 Å². The molecule has 39 heavy (non-hydrogen) atoms. The number of anilines is 3. The van der Waals surface area contributed by atoms with Crippen LogP contribution in [-0.2, 0) is 36.9 Å². The van der Waals surface area contributed by atoms with Gasteiger partial charge in [-0.25, -0.2) is 0 Å². The van der Waals surface area contributed by atoms with Gasteiger partial charge in [-0.3, -0.25) is 23.2 Å². The summed E-state index contributed by atoms with van der Waals surface area (Å²) in [5.41, 5.74) is 7.30. The number of carbonyl (C=O) groups is 2. The van der Waals surface area contributed by atoms with Crippen LogP contribution in [0.2, 0.25) is 0 Å². The average molecular weight is 598 g/mol. The highest BCUT2D eigenvalue weighted by molar-refractivity contribution is 7.86. The van der Waals surface area contributed by atoms with Gasteiger partial charge in [0.15, 0.2) is 11.6 Å². The van der Waals surface area contributed by atoms with Gasteiger partial charge in [0.25, 0.3) is 30.4 Å². The lowest BCUT2D eigenvalue weighted by Crippen LogP contribution is -2.27. The minimum absolute atomic E-state index is 0.0387. The van der Waals surface area contributed by atoms with Crippen LogP contribution >= 0.6 is 0 Å². The molecule has 1 aliphatic carbocycles. The number of carbonyl (C=O) groups excluding carboxylic acids is 2. The average Bonchev–Trinajstić information content (AvgIpc) is 2.81. The number of aryl methyl sites for hydroxylation is 1. The van der Waals surface area contributed by atoms with E-state index in [0.717, 1.165) is 24.3 Å². The molecule has 14 nitrogen and oxygen atoms in total. The number of hydrogen-bond donors (Lipinski definition) is 6. The van der Waals surface area contributed by atoms with Gasteiger partial charge < -0.3 is 16.8 Å². The van der Waals surface area contributed by atoms with Crippen LogP contribution in [0.3, 0.4) is 0 Å². The van der Waals surface area contributed by atoms with Crippen LogP contribution in [0, 0.1) is 6.92 Å². The van der Waals surface area contributed by atoms with Crippen molar-refractivity contribution in [1.82, 2.24) is 0 Å². The highest BCUT2D eigenvalue weighted by atomic mass is 32.2. The Balaban J connectivity index is 2.13. The normalized spacial score (nSPS) is 13.7. The van der Waals surface area contributed by atoms with E-state index in [9.17, 15) is 48.5 Å². The molecule has 17 heteroatoms. The summed E-state index contributed by atoms with van der Waals surface area (Å²) in [6.07, 6.45) is 0. The second-order valence-electron chi connectivity index (χ2n) is 8.41. The fourth-order valence-corrected chi connectivity index (χ4v) is 6.72. The number of nitrogens with one attached hydrogen (secondary N) is 1. The van der Waals surface area contributed by atoms with Gasteiger partial charge >= 0.3 is 0 Å². The van der Waals surface area contributed by atoms with Crippen molar-refractivity contribution < 1.29 is 48.5 Å². The number of fused-ring (bicyclic) bond motifs is 2. The zero-order valence-corrected chi connectivity index (χ0v) is 22.1. The van der Waals surface area contributed by atoms with Crippen LogP contribution in [-0.4, -0.2) is 50.5 Å². The van der Waals surface area contributed by atoms with Crippen LogP contribution in [0.4, 0.5) is 17.1 Å². The van der Waals surface area contributed by atoms with Crippen molar-refractivity contribution in [2.24, 2.45) is 5.73 Å². The van der Waals surface area contributed by atoms with Crippen LogP contribution in [0.1, 0.15) is 43.0 Å². The first-order chi connectivity index (χ1) is 17.9.